The van der Waals surface area contributed by atoms with Crippen molar-refractivity contribution in [1.82, 2.24) is 9.80 Å². The number of morpholine rings is 2. The summed E-state index contributed by atoms with van der Waals surface area (Å²) in [7, 11) is 0. The van der Waals surface area contributed by atoms with Gasteiger partial charge in [0.05, 0.1) is 32.0 Å². The third-order valence-electron chi connectivity index (χ3n) is 5.38. The van der Waals surface area contributed by atoms with E-state index in [4.69, 9.17) is 18.9 Å². The minimum atomic E-state index is -0.512. The van der Waals surface area contributed by atoms with E-state index in [0.29, 0.717) is 63.9 Å². The van der Waals surface area contributed by atoms with Crippen LogP contribution in [0.25, 0.3) is 6.08 Å². The van der Waals surface area contributed by atoms with Crippen molar-refractivity contribution in [2.45, 2.75) is 0 Å². The lowest BCUT2D eigenvalue weighted by molar-refractivity contribution is 0.0415. The molecule has 34 heavy (non-hydrogen) atoms. The fraction of sp³-hybridized carbons (Fsp3) is 0.320. The van der Waals surface area contributed by atoms with E-state index in [9.17, 15) is 14.4 Å². The fourth-order valence-corrected chi connectivity index (χ4v) is 3.52. The van der Waals surface area contributed by atoms with Gasteiger partial charge < -0.3 is 28.7 Å². The predicted octanol–water partition coefficient (Wildman–Crippen LogP) is 3.24. The van der Waals surface area contributed by atoms with Crippen molar-refractivity contribution in [2.75, 3.05) is 52.6 Å². The van der Waals surface area contributed by atoms with Gasteiger partial charge in [0.2, 0.25) is 0 Å². The Balaban J connectivity index is 1.40. The highest BCUT2D eigenvalue weighted by Crippen LogP contribution is 2.21. The summed E-state index contributed by atoms with van der Waals surface area (Å²) in [5.41, 5.74) is 0.957. The first-order chi connectivity index (χ1) is 16.6. The highest BCUT2D eigenvalue weighted by molar-refractivity contribution is 6.09. The number of para-hydroxylation sites is 1. The summed E-state index contributed by atoms with van der Waals surface area (Å²) in [4.78, 5) is 40.7. The molecule has 0 atom stereocenters. The molecular weight excluding hydrogens is 440 g/mol. The molecule has 0 N–H and O–H groups in total. The first kappa shape index (κ1) is 23.5. The minimum absolute atomic E-state index is 0.196. The van der Waals surface area contributed by atoms with Crippen molar-refractivity contribution in [2.24, 2.45) is 0 Å². The number of rotatable bonds is 5. The summed E-state index contributed by atoms with van der Waals surface area (Å²) in [5, 5.41) is 0. The van der Waals surface area contributed by atoms with Crippen LogP contribution in [-0.4, -0.2) is 80.4 Å². The summed E-state index contributed by atoms with van der Waals surface area (Å²) in [6.45, 7) is 3.76. The second-order valence-electron chi connectivity index (χ2n) is 7.70. The Morgan fingerprint density at radius 3 is 2.06 bits per heavy atom. The van der Waals surface area contributed by atoms with Gasteiger partial charge >= 0.3 is 12.2 Å². The van der Waals surface area contributed by atoms with Gasteiger partial charge in [-0.3, -0.25) is 4.79 Å². The van der Waals surface area contributed by atoms with Crippen molar-refractivity contribution >= 4 is 24.0 Å². The maximum atomic E-state index is 12.9. The van der Waals surface area contributed by atoms with Crippen LogP contribution in [0.3, 0.4) is 0 Å². The Hall–Kier alpha value is -3.69. The Bertz CT molecular complexity index is 1060. The van der Waals surface area contributed by atoms with Crippen LogP contribution in [0.2, 0.25) is 0 Å². The van der Waals surface area contributed by atoms with Gasteiger partial charge in [-0.1, -0.05) is 30.3 Å². The van der Waals surface area contributed by atoms with Crippen molar-refractivity contribution < 1.29 is 33.3 Å². The molecule has 2 amide bonds. The fourth-order valence-electron chi connectivity index (χ4n) is 3.52. The summed E-state index contributed by atoms with van der Waals surface area (Å²) in [6.07, 6.45) is 2.07. The molecule has 2 aromatic rings. The first-order valence-electron chi connectivity index (χ1n) is 11.1. The van der Waals surface area contributed by atoms with Crippen molar-refractivity contribution in [1.29, 1.82) is 0 Å². The quantitative estimate of drug-likeness (QED) is 0.493. The molecule has 0 aliphatic carbocycles. The maximum absolute atomic E-state index is 12.9. The molecule has 2 aromatic carbocycles. The zero-order valence-electron chi connectivity index (χ0n) is 18.7. The van der Waals surface area contributed by atoms with Gasteiger partial charge in [0.15, 0.2) is 5.78 Å². The summed E-state index contributed by atoms with van der Waals surface area (Å²) in [5.74, 6) is 0.258. The number of benzene rings is 2. The minimum Gasteiger partial charge on any atom is -0.410 e. The molecule has 2 aliphatic rings. The average Bonchev–Trinajstić information content (AvgIpc) is 2.89. The van der Waals surface area contributed by atoms with Crippen LogP contribution in [0, 0.1) is 0 Å². The topological polar surface area (TPSA) is 94.6 Å². The number of carbonyl (C=O) groups excluding carboxylic acids is 3. The third kappa shape index (κ3) is 6.21. The zero-order valence-corrected chi connectivity index (χ0v) is 18.7. The first-order valence-corrected chi connectivity index (χ1v) is 11.1. The molecule has 0 unspecified atom stereocenters. The second kappa shape index (κ2) is 11.4. The second-order valence-corrected chi connectivity index (χ2v) is 7.70. The molecule has 0 aromatic heterocycles. The predicted molar refractivity (Wildman–Crippen MR) is 123 cm³/mol. The van der Waals surface area contributed by atoms with Crippen molar-refractivity contribution in [3.63, 3.8) is 0 Å². The van der Waals surface area contributed by atoms with Gasteiger partial charge in [-0.05, 0) is 35.9 Å². The summed E-state index contributed by atoms with van der Waals surface area (Å²) < 4.78 is 21.4. The van der Waals surface area contributed by atoms with Gasteiger partial charge in [-0.25, -0.2) is 9.59 Å². The smallest absolute Gasteiger partial charge is 0.410 e. The summed E-state index contributed by atoms with van der Waals surface area (Å²) >= 11 is 0. The molecule has 2 aliphatic heterocycles. The van der Waals surface area contributed by atoms with E-state index >= 15 is 0 Å². The SMILES string of the molecule is O=C(/C=C/c1cccc(OC(=O)N2CCOCC2)c1)c1ccccc1OC(=O)N1CCOCC1. The highest BCUT2D eigenvalue weighted by Gasteiger charge is 2.21. The van der Waals surface area contributed by atoms with Crippen LogP contribution in [0.5, 0.6) is 11.5 Å². The maximum Gasteiger partial charge on any atom is 0.415 e. The Morgan fingerprint density at radius 2 is 1.38 bits per heavy atom. The van der Waals surface area contributed by atoms with Gasteiger partial charge in [-0.2, -0.15) is 0 Å². The lowest BCUT2D eigenvalue weighted by Gasteiger charge is -2.26. The highest BCUT2D eigenvalue weighted by atomic mass is 16.6. The normalized spacial score (nSPS) is 16.4. The molecule has 2 fully saturated rings. The largest absolute Gasteiger partial charge is 0.415 e. The van der Waals surface area contributed by atoms with E-state index in [2.05, 4.69) is 0 Å². The monoisotopic (exact) mass is 466 g/mol. The number of ketones is 1. The Morgan fingerprint density at radius 1 is 0.765 bits per heavy atom. The van der Waals surface area contributed by atoms with Crippen LogP contribution < -0.4 is 9.47 Å². The van der Waals surface area contributed by atoms with Crippen molar-refractivity contribution in [3.05, 3.63) is 65.7 Å². The summed E-state index contributed by atoms with van der Waals surface area (Å²) in [6, 6.07) is 13.5. The molecule has 2 saturated heterocycles. The molecular formula is C25H26N2O7. The van der Waals surface area contributed by atoms with Crippen molar-refractivity contribution in [3.8, 4) is 11.5 Å². The number of hydrogen-bond acceptors (Lipinski definition) is 7. The number of allylic oxidation sites excluding steroid dienone is 1. The van der Waals surface area contributed by atoms with Crippen LogP contribution in [0.15, 0.2) is 54.6 Å². The number of carbonyl (C=O) groups is 3. The number of ether oxygens (including phenoxy) is 4. The Kier molecular flexibility index (Phi) is 7.90. The molecule has 4 rings (SSSR count). The molecule has 0 bridgehead atoms. The van der Waals surface area contributed by atoms with Gasteiger partial charge in [0.1, 0.15) is 11.5 Å². The number of nitrogens with zero attached hydrogens (tertiary/aromatic N) is 2. The van der Waals surface area contributed by atoms with E-state index in [1.807, 2.05) is 0 Å². The van der Waals surface area contributed by atoms with Crippen LogP contribution >= 0.6 is 0 Å². The third-order valence-corrected chi connectivity index (χ3v) is 5.38. The van der Waals surface area contributed by atoms with E-state index in [1.54, 1.807) is 64.4 Å². The lowest BCUT2D eigenvalue weighted by Crippen LogP contribution is -2.42. The van der Waals surface area contributed by atoms with Crippen LogP contribution in [0.4, 0.5) is 9.59 Å². The molecule has 9 nitrogen and oxygen atoms in total. The van der Waals surface area contributed by atoms with Gasteiger partial charge in [-0.15, -0.1) is 0 Å². The molecule has 178 valence electrons. The zero-order chi connectivity index (χ0) is 23.8. The molecule has 0 radical (unpaired) electrons. The van der Waals surface area contributed by atoms with Gasteiger partial charge in [0.25, 0.3) is 0 Å². The van der Waals surface area contributed by atoms with Crippen LogP contribution in [0.1, 0.15) is 15.9 Å². The van der Waals surface area contributed by atoms with E-state index in [0.717, 1.165) is 0 Å². The van der Waals surface area contributed by atoms with E-state index in [1.165, 1.54) is 6.08 Å². The van der Waals surface area contributed by atoms with E-state index < -0.39 is 12.2 Å². The number of amides is 2. The lowest BCUT2D eigenvalue weighted by atomic mass is 10.1. The standard InChI is InChI=1S/C25H26N2O7/c28-22(21-6-1-2-7-23(21)34-25(30)27-12-16-32-17-13-27)9-8-19-4-3-5-20(18-19)33-24(29)26-10-14-31-15-11-26/h1-9,18H,10-17H2/b9-8+. The van der Waals surface area contributed by atoms with E-state index in [-0.39, 0.29) is 17.1 Å². The molecule has 0 spiro atoms. The van der Waals surface area contributed by atoms with Crippen LogP contribution in [-0.2, 0) is 9.47 Å². The Labute approximate surface area is 197 Å². The number of hydrogen-bond donors (Lipinski definition) is 0. The van der Waals surface area contributed by atoms with Gasteiger partial charge in [0, 0.05) is 26.2 Å². The molecule has 9 heteroatoms. The molecule has 2 heterocycles. The average molecular weight is 466 g/mol. The molecule has 0 saturated carbocycles.